The summed E-state index contributed by atoms with van der Waals surface area (Å²) in [6.07, 6.45) is 1.47. The van der Waals surface area contributed by atoms with Gasteiger partial charge in [0.05, 0.1) is 5.25 Å². The smallest absolute Gasteiger partial charge is 0.272 e. The highest BCUT2D eigenvalue weighted by atomic mass is 35.5. The molecule has 0 radical (unpaired) electrons. The van der Waals surface area contributed by atoms with E-state index in [1.807, 2.05) is 13.0 Å². The van der Waals surface area contributed by atoms with Crippen molar-refractivity contribution in [1.29, 1.82) is 0 Å². The molecule has 4 aromatic carbocycles. The largest absolute Gasteiger partial charge is 0.325 e. The first-order valence-electron chi connectivity index (χ1n) is 12.7. The number of nitrogens with one attached hydrogen (secondary N) is 3. The molecule has 6 nitrogen and oxygen atoms in total. The molecular formula is C32H27ClFN3O3S. The van der Waals surface area contributed by atoms with Crippen molar-refractivity contribution in [3.63, 3.8) is 0 Å². The summed E-state index contributed by atoms with van der Waals surface area (Å²) in [7, 11) is 0. The van der Waals surface area contributed by atoms with Gasteiger partial charge in [-0.05, 0) is 91.7 Å². The van der Waals surface area contributed by atoms with E-state index < -0.39 is 22.9 Å². The third-order valence-corrected chi connectivity index (χ3v) is 7.46. The molecule has 41 heavy (non-hydrogen) atoms. The van der Waals surface area contributed by atoms with Gasteiger partial charge in [0.15, 0.2) is 0 Å². The van der Waals surface area contributed by atoms with E-state index in [1.165, 1.54) is 42.1 Å². The van der Waals surface area contributed by atoms with Gasteiger partial charge in [-0.15, -0.1) is 11.8 Å². The second kappa shape index (κ2) is 13.8. The Labute approximate surface area is 247 Å². The highest BCUT2D eigenvalue weighted by molar-refractivity contribution is 8.00. The molecule has 3 amide bonds. The maximum Gasteiger partial charge on any atom is 0.272 e. The lowest BCUT2D eigenvalue weighted by molar-refractivity contribution is -0.115. The number of amides is 3. The Bertz CT molecular complexity index is 1580. The van der Waals surface area contributed by atoms with E-state index in [4.69, 9.17) is 11.6 Å². The van der Waals surface area contributed by atoms with Crippen LogP contribution in [0.5, 0.6) is 0 Å². The quantitative estimate of drug-likeness (QED) is 0.141. The number of rotatable bonds is 9. The molecule has 0 heterocycles. The van der Waals surface area contributed by atoms with Gasteiger partial charge >= 0.3 is 0 Å². The summed E-state index contributed by atoms with van der Waals surface area (Å²) in [5.74, 6) is -1.59. The van der Waals surface area contributed by atoms with Gasteiger partial charge in [-0.2, -0.15) is 0 Å². The Balaban J connectivity index is 1.42. The second-order valence-corrected chi connectivity index (χ2v) is 10.9. The van der Waals surface area contributed by atoms with Crippen LogP contribution >= 0.6 is 23.4 Å². The molecule has 4 rings (SSSR count). The number of anilines is 2. The minimum Gasteiger partial charge on any atom is -0.325 e. The van der Waals surface area contributed by atoms with Gasteiger partial charge in [0.2, 0.25) is 5.91 Å². The maximum absolute atomic E-state index is 13.4. The van der Waals surface area contributed by atoms with Crippen LogP contribution < -0.4 is 16.0 Å². The van der Waals surface area contributed by atoms with Gasteiger partial charge < -0.3 is 16.0 Å². The third-order valence-electron chi connectivity index (χ3n) is 5.94. The van der Waals surface area contributed by atoms with Gasteiger partial charge in [-0.3, -0.25) is 14.4 Å². The minimum atomic E-state index is -0.552. The zero-order valence-corrected chi connectivity index (χ0v) is 23.9. The summed E-state index contributed by atoms with van der Waals surface area (Å²) >= 11 is 7.52. The van der Waals surface area contributed by atoms with Crippen molar-refractivity contribution in [1.82, 2.24) is 5.32 Å². The molecule has 1 atom stereocenters. The number of hydrogen-bond donors (Lipinski definition) is 3. The lowest BCUT2D eigenvalue weighted by atomic mass is 10.1. The van der Waals surface area contributed by atoms with Crippen LogP contribution in [0.3, 0.4) is 0 Å². The van der Waals surface area contributed by atoms with Crippen molar-refractivity contribution in [2.75, 3.05) is 10.6 Å². The number of carbonyl (C=O) groups is 3. The first-order chi connectivity index (χ1) is 19.7. The second-order valence-electron chi connectivity index (χ2n) is 9.12. The van der Waals surface area contributed by atoms with Crippen LogP contribution in [-0.4, -0.2) is 23.0 Å². The highest BCUT2D eigenvalue weighted by Gasteiger charge is 2.17. The number of benzene rings is 4. The maximum atomic E-state index is 13.4. The first-order valence-corrected chi connectivity index (χ1v) is 13.9. The zero-order valence-electron chi connectivity index (χ0n) is 22.3. The van der Waals surface area contributed by atoms with E-state index in [-0.39, 0.29) is 11.6 Å². The van der Waals surface area contributed by atoms with Gasteiger partial charge in [-0.1, -0.05) is 48.0 Å². The van der Waals surface area contributed by atoms with Crippen molar-refractivity contribution in [3.05, 3.63) is 130 Å². The fourth-order valence-corrected chi connectivity index (χ4v) is 4.70. The van der Waals surface area contributed by atoms with Crippen LogP contribution in [0.1, 0.15) is 28.4 Å². The summed E-state index contributed by atoms with van der Waals surface area (Å²) < 4.78 is 13.4. The first kappa shape index (κ1) is 29.6. The molecule has 0 fully saturated rings. The normalized spacial score (nSPS) is 11.9. The molecule has 0 aliphatic rings. The monoisotopic (exact) mass is 587 g/mol. The van der Waals surface area contributed by atoms with E-state index in [2.05, 4.69) is 16.0 Å². The average Bonchev–Trinajstić information content (AvgIpc) is 2.97. The van der Waals surface area contributed by atoms with Crippen LogP contribution in [0.15, 0.2) is 108 Å². The number of aryl methyl sites for hydroxylation is 1. The number of carbonyl (C=O) groups excluding carboxylic acids is 3. The van der Waals surface area contributed by atoms with Crippen LogP contribution in [0.2, 0.25) is 5.02 Å². The Hall–Kier alpha value is -4.40. The van der Waals surface area contributed by atoms with E-state index in [0.717, 1.165) is 10.5 Å². The molecule has 0 aromatic heterocycles. The molecule has 0 saturated heterocycles. The number of halogens is 2. The average molecular weight is 588 g/mol. The van der Waals surface area contributed by atoms with E-state index in [9.17, 15) is 18.8 Å². The Morgan fingerprint density at radius 3 is 2.17 bits per heavy atom. The SMILES string of the molecule is Cc1ccc(NC(=O)C(C)Sc2ccc(NC(=O)/C(=C/c3ccc(F)cc3)NC(=O)c3ccccc3)cc2)cc1Cl. The summed E-state index contributed by atoms with van der Waals surface area (Å²) in [5, 5.41) is 8.48. The summed E-state index contributed by atoms with van der Waals surface area (Å²) in [6, 6.07) is 26.4. The van der Waals surface area contributed by atoms with Gasteiger partial charge in [0, 0.05) is 26.9 Å². The Morgan fingerprint density at radius 2 is 1.51 bits per heavy atom. The lowest BCUT2D eigenvalue weighted by Crippen LogP contribution is -2.30. The highest BCUT2D eigenvalue weighted by Crippen LogP contribution is 2.27. The van der Waals surface area contributed by atoms with Crippen LogP contribution in [0, 0.1) is 12.7 Å². The summed E-state index contributed by atoms with van der Waals surface area (Å²) in [6.45, 7) is 3.69. The van der Waals surface area contributed by atoms with Crippen molar-refractivity contribution >= 4 is 58.5 Å². The molecule has 4 aromatic rings. The van der Waals surface area contributed by atoms with Crippen LogP contribution in [0.25, 0.3) is 6.08 Å². The lowest BCUT2D eigenvalue weighted by Gasteiger charge is -2.14. The van der Waals surface area contributed by atoms with E-state index in [0.29, 0.717) is 27.5 Å². The van der Waals surface area contributed by atoms with E-state index in [1.54, 1.807) is 73.7 Å². The zero-order chi connectivity index (χ0) is 29.4. The predicted molar refractivity (Wildman–Crippen MR) is 163 cm³/mol. The van der Waals surface area contributed by atoms with Crippen molar-refractivity contribution in [3.8, 4) is 0 Å². The molecule has 208 valence electrons. The van der Waals surface area contributed by atoms with E-state index >= 15 is 0 Å². The molecule has 1 unspecified atom stereocenters. The number of hydrogen-bond acceptors (Lipinski definition) is 4. The summed E-state index contributed by atoms with van der Waals surface area (Å²) in [4.78, 5) is 39.4. The van der Waals surface area contributed by atoms with Crippen molar-refractivity contribution in [2.45, 2.75) is 24.0 Å². The summed E-state index contributed by atoms with van der Waals surface area (Å²) in [5.41, 5.74) is 2.96. The van der Waals surface area contributed by atoms with Gasteiger partial charge in [-0.25, -0.2) is 4.39 Å². The predicted octanol–water partition coefficient (Wildman–Crippen LogP) is 7.32. The van der Waals surface area contributed by atoms with Crippen molar-refractivity contribution in [2.24, 2.45) is 0 Å². The molecule has 0 saturated carbocycles. The molecule has 0 aliphatic heterocycles. The molecular weight excluding hydrogens is 561 g/mol. The Morgan fingerprint density at radius 1 is 0.854 bits per heavy atom. The Kier molecular flexibility index (Phi) is 9.95. The number of thioether (sulfide) groups is 1. The van der Waals surface area contributed by atoms with Crippen molar-refractivity contribution < 1.29 is 18.8 Å². The molecule has 0 spiro atoms. The molecule has 9 heteroatoms. The standard InChI is InChI=1S/C32H27ClFN3O3S/c1-20-8-13-26(19-28(20)33)36-30(38)21(2)41-27-16-14-25(15-17-27)35-32(40)29(18-22-9-11-24(34)12-10-22)37-31(39)23-6-4-3-5-7-23/h3-19,21H,1-2H3,(H,35,40)(H,36,38)(H,37,39)/b29-18-. The third kappa shape index (κ3) is 8.54. The topological polar surface area (TPSA) is 87.3 Å². The van der Waals surface area contributed by atoms with Crippen LogP contribution in [0.4, 0.5) is 15.8 Å². The van der Waals surface area contributed by atoms with Gasteiger partial charge in [0.1, 0.15) is 11.5 Å². The fourth-order valence-electron chi connectivity index (χ4n) is 3.66. The molecule has 3 N–H and O–H groups in total. The van der Waals surface area contributed by atoms with Crippen LogP contribution in [-0.2, 0) is 9.59 Å². The molecule has 0 aliphatic carbocycles. The fraction of sp³-hybridized carbons (Fsp3) is 0.0938. The minimum absolute atomic E-state index is 0.00887. The van der Waals surface area contributed by atoms with Gasteiger partial charge in [0.25, 0.3) is 11.8 Å². The molecule has 0 bridgehead atoms.